The summed E-state index contributed by atoms with van der Waals surface area (Å²) in [4.78, 5) is 37.7. The zero-order chi connectivity index (χ0) is 21.5. The van der Waals surface area contributed by atoms with Crippen molar-refractivity contribution in [3.63, 3.8) is 0 Å². The van der Waals surface area contributed by atoms with Gasteiger partial charge in [-0.1, -0.05) is 54.6 Å². The standard InChI is InChI=1S/C24H23NO5/c1-3-25(15-18-7-5-4-6-8-18)23(27)16-29-24(28)22-14-13-21(30-22)20-11-9-19(10-12-20)17(2)26/h4-14H,3,15-16H2,1-2H3. The SMILES string of the molecule is CCN(Cc1ccccc1)C(=O)COC(=O)c1ccc(-c2ccc(C(C)=O)cc2)o1. The highest BCUT2D eigenvalue weighted by Gasteiger charge is 2.18. The van der Waals surface area contributed by atoms with Gasteiger partial charge in [-0.05, 0) is 31.5 Å². The number of ether oxygens (including phenoxy) is 1. The summed E-state index contributed by atoms with van der Waals surface area (Å²) in [7, 11) is 0. The molecule has 0 radical (unpaired) electrons. The molecular weight excluding hydrogens is 382 g/mol. The summed E-state index contributed by atoms with van der Waals surface area (Å²) in [6.07, 6.45) is 0. The maximum absolute atomic E-state index is 12.4. The van der Waals surface area contributed by atoms with E-state index in [4.69, 9.17) is 9.15 Å². The Hall–Kier alpha value is -3.67. The second-order valence-electron chi connectivity index (χ2n) is 6.77. The molecule has 0 bridgehead atoms. The van der Waals surface area contributed by atoms with Crippen molar-refractivity contribution in [1.82, 2.24) is 4.90 Å². The summed E-state index contributed by atoms with van der Waals surface area (Å²) in [5.74, 6) is -0.516. The molecule has 0 aliphatic heterocycles. The molecule has 0 aliphatic carbocycles. The largest absolute Gasteiger partial charge is 0.450 e. The van der Waals surface area contributed by atoms with E-state index in [9.17, 15) is 14.4 Å². The molecule has 1 amide bonds. The molecule has 0 saturated carbocycles. The van der Waals surface area contributed by atoms with Crippen molar-refractivity contribution in [1.29, 1.82) is 0 Å². The molecule has 30 heavy (non-hydrogen) atoms. The van der Waals surface area contributed by atoms with Gasteiger partial charge in [-0.25, -0.2) is 4.79 Å². The first-order valence-electron chi connectivity index (χ1n) is 9.68. The molecule has 3 aromatic rings. The van der Waals surface area contributed by atoms with Crippen LogP contribution in [0.1, 0.15) is 40.3 Å². The Morgan fingerprint density at radius 2 is 1.63 bits per heavy atom. The van der Waals surface area contributed by atoms with Crippen LogP contribution in [0.5, 0.6) is 0 Å². The number of furan rings is 1. The normalized spacial score (nSPS) is 10.5. The molecule has 0 N–H and O–H groups in total. The van der Waals surface area contributed by atoms with Crippen LogP contribution in [0.2, 0.25) is 0 Å². The Labute approximate surface area is 175 Å². The van der Waals surface area contributed by atoms with Gasteiger partial charge in [0.1, 0.15) is 5.76 Å². The summed E-state index contributed by atoms with van der Waals surface area (Å²) in [6, 6.07) is 19.7. The zero-order valence-electron chi connectivity index (χ0n) is 17.0. The lowest BCUT2D eigenvalue weighted by atomic mass is 10.1. The van der Waals surface area contributed by atoms with Crippen molar-refractivity contribution in [2.24, 2.45) is 0 Å². The Morgan fingerprint density at radius 3 is 2.27 bits per heavy atom. The fourth-order valence-corrected chi connectivity index (χ4v) is 2.94. The second kappa shape index (κ2) is 9.69. The third kappa shape index (κ3) is 5.23. The molecule has 0 unspecified atom stereocenters. The van der Waals surface area contributed by atoms with Gasteiger partial charge in [-0.2, -0.15) is 0 Å². The topological polar surface area (TPSA) is 76.8 Å². The van der Waals surface area contributed by atoms with E-state index in [2.05, 4.69) is 0 Å². The first-order valence-corrected chi connectivity index (χ1v) is 9.68. The van der Waals surface area contributed by atoms with E-state index in [0.29, 0.717) is 24.4 Å². The molecule has 0 atom stereocenters. The maximum atomic E-state index is 12.4. The molecule has 0 spiro atoms. The van der Waals surface area contributed by atoms with Crippen molar-refractivity contribution in [3.8, 4) is 11.3 Å². The number of benzene rings is 2. The number of carbonyl (C=O) groups is 3. The van der Waals surface area contributed by atoms with Gasteiger partial charge in [-0.3, -0.25) is 9.59 Å². The molecule has 0 aliphatic rings. The molecule has 6 nitrogen and oxygen atoms in total. The minimum absolute atomic E-state index is 0.0135. The molecule has 0 fully saturated rings. The van der Waals surface area contributed by atoms with E-state index >= 15 is 0 Å². The minimum atomic E-state index is -0.703. The van der Waals surface area contributed by atoms with Crippen molar-refractivity contribution in [3.05, 3.63) is 83.6 Å². The monoisotopic (exact) mass is 405 g/mol. The van der Waals surface area contributed by atoms with Crippen LogP contribution in [0.15, 0.2) is 71.1 Å². The van der Waals surface area contributed by atoms with Gasteiger partial charge in [0.15, 0.2) is 12.4 Å². The van der Waals surface area contributed by atoms with Crippen molar-refractivity contribution in [2.75, 3.05) is 13.2 Å². The van der Waals surface area contributed by atoms with Crippen LogP contribution in [-0.4, -0.2) is 35.7 Å². The van der Waals surface area contributed by atoms with E-state index in [-0.39, 0.29) is 24.1 Å². The number of hydrogen-bond donors (Lipinski definition) is 0. The summed E-state index contributed by atoms with van der Waals surface area (Å²) in [5, 5.41) is 0. The van der Waals surface area contributed by atoms with E-state index in [1.165, 1.54) is 13.0 Å². The van der Waals surface area contributed by atoms with Crippen LogP contribution in [0.3, 0.4) is 0 Å². The molecule has 0 saturated heterocycles. The number of nitrogens with zero attached hydrogens (tertiary/aromatic N) is 1. The fraction of sp³-hybridized carbons (Fsp3) is 0.208. The molecule has 154 valence electrons. The van der Waals surface area contributed by atoms with E-state index in [1.807, 2.05) is 37.3 Å². The molecule has 3 rings (SSSR count). The molecular formula is C24H23NO5. The van der Waals surface area contributed by atoms with E-state index < -0.39 is 5.97 Å². The maximum Gasteiger partial charge on any atom is 0.374 e. The van der Waals surface area contributed by atoms with Crippen molar-refractivity contribution in [2.45, 2.75) is 20.4 Å². The van der Waals surface area contributed by atoms with Gasteiger partial charge in [0, 0.05) is 24.2 Å². The smallest absolute Gasteiger partial charge is 0.374 e. The number of amides is 1. The number of esters is 1. The quantitative estimate of drug-likeness (QED) is 0.411. The highest BCUT2D eigenvalue weighted by atomic mass is 16.5. The van der Waals surface area contributed by atoms with Gasteiger partial charge in [0.05, 0.1) is 0 Å². The molecule has 6 heteroatoms. The Bertz CT molecular complexity index is 1020. The number of ketones is 1. The zero-order valence-corrected chi connectivity index (χ0v) is 17.0. The molecule has 2 aromatic carbocycles. The van der Waals surface area contributed by atoms with Gasteiger partial charge in [0.2, 0.25) is 5.76 Å². The summed E-state index contributed by atoms with van der Waals surface area (Å²) < 4.78 is 10.7. The minimum Gasteiger partial charge on any atom is -0.450 e. The number of carbonyl (C=O) groups excluding carboxylic acids is 3. The highest BCUT2D eigenvalue weighted by molar-refractivity contribution is 5.94. The number of rotatable bonds is 8. The van der Waals surface area contributed by atoms with Crippen molar-refractivity contribution >= 4 is 17.7 Å². The average Bonchev–Trinajstić information content (AvgIpc) is 3.27. The Balaban J connectivity index is 1.58. The third-order valence-corrected chi connectivity index (χ3v) is 4.66. The van der Waals surface area contributed by atoms with Gasteiger partial charge in [0.25, 0.3) is 5.91 Å². The van der Waals surface area contributed by atoms with Gasteiger partial charge < -0.3 is 14.1 Å². The third-order valence-electron chi connectivity index (χ3n) is 4.66. The van der Waals surface area contributed by atoms with Crippen LogP contribution < -0.4 is 0 Å². The summed E-state index contributed by atoms with van der Waals surface area (Å²) in [6.45, 7) is 3.97. The van der Waals surface area contributed by atoms with E-state index in [1.54, 1.807) is 35.2 Å². The lowest BCUT2D eigenvalue weighted by Gasteiger charge is -2.20. The number of hydrogen-bond acceptors (Lipinski definition) is 5. The predicted octanol–water partition coefficient (Wildman–Crippen LogP) is 4.35. The van der Waals surface area contributed by atoms with Crippen LogP contribution in [0.25, 0.3) is 11.3 Å². The lowest BCUT2D eigenvalue weighted by molar-refractivity contribution is -0.135. The lowest BCUT2D eigenvalue weighted by Crippen LogP contribution is -2.34. The first-order chi connectivity index (χ1) is 14.5. The second-order valence-corrected chi connectivity index (χ2v) is 6.77. The number of Topliss-reactive ketones (excluding diaryl/α,β-unsaturated/α-hetero) is 1. The molecule has 1 heterocycles. The molecule has 1 aromatic heterocycles. The van der Waals surface area contributed by atoms with Crippen LogP contribution >= 0.6 is 0 Å². The number of likely N-dealkylation sites (N-methyl/N-ethyl adjacent to an activating group) is 1. The van der Waals surface area contributed by atoms with Crippen LogP contribution in [0, 0.1) is 0 Å². The Morgan fingerprint density at radius 1 is 0.933 bits per heavy atom. The predicted molar refractivity (Wildman–Crippen MR) is 112 cm³/mol. The highest BCUT2D eigenvalue weighted by Crippen LogP contribution is 2.23. The van der Waals surface area contributed by atoms with E-state index in [0.717, 1.165) is 11.1 Å². The summed E-state index contributed by atoms with van der Waals surface area (Å²) >= 11 is 0. The Kier molecular flexibility index (Phi) is 6.80. The van der Waals surface area contributed by atoms with Crippen LogP contribution in [-0.2, 0) is 16.1 Å². The fourth-order valence-electron chi connectivity index (χ4n) is 2.94. The van der Waals surface area contributed by atoms with Crippen molar-refractivity contribution < 1.29 is 23.5 Å². The van der Waals surface area contributed by atoms with Crippen LogP contribution in [0.4, 0.5) is 0 Å². The summed E-state index contributed by atoms with van der Waals surface area (Å²) in [5.41, 5.74) is 2.33. The first kappa shape index (κ1) is 21.0. The average molecular weight is 405 g/mol. The van der Waals surface area contributed by atoms with Gasteiger partial charge >= 0.3 is 5.97 Å². The van der Waals surface area contributed by atoms with Gasteiger partial charge in [-0.15, -0.1) is 0 Å².